The Morgan fingerprint density at radius 3 is 1.97 bits per heavy atom. The second-order valence-corrected chi connectivity index (χ2v) is 28.5. The van der Waals surface area contributed by atoms with Gasteiger partial charge in [-0.15, -0.1) is 11.3 Å². The van der Waals surface area contributed by atoms with Gasteiger partial charge < -0.3 is 75.2 Å². The number of hydrogen-bond donors (Lipinski definition) is 6. The number of rotatable bonds is 41. The molecule has 578 valence electrons. The number of hydrogen-bond acceptors (Lipinski definition) is 20. The van der Waals surface area contributed by atoms with E-state index in [9.17, 15) is 57.5 Å². The Morgan fingerprint density at radius 2 is 1.36 bits per heavy atom. The number of benzene rings is 2. The number of carbonyl (C=O) groups excluding carboxylic acids is 12. The Bertz CT molecular complexity index is 3410. The normalized spacial score (nSPS) is 17.2. The number of piperazine rings is 1. The SMILES string of the molecule is CC[C@H](C)[C@@H]([C@@H](CC(=O)N1CCC[C@H]1[C@H](OC)[C@@H](C)C(=O)N[C@@H](Cc1ccc(C)cc1)c1nccs1)OC)N(C)C(=O)CNC(=O)C(C(C)C)N(C)C(=O)OC(C(=O)N1CCN(C)CC1)c1ccc(NC(=O)CNC(=O)C(NC(=O)CCOCCOCCNC(=O)CCN2C(=O)C=CC2=O)C(C)C)cc1. The molecular formula is C74H109N13O17S. The van der Waals surface area contributed by atoms with Crippen molar-refractivity contribution in [3.63, 3.8) is 0 Å². The Labute approximate surface area is 620 Å². The number of carbonyl (C=O) groups is 12. The number of nitrogens with one attached hydrogen (secondary N) is 6. The van der Waals surface area contributed by atoms with Gasteiger partial charge in [0.15, 0.2) is 0 Å². The minimum atomic E-state index is -1.49. The monoisotopic (exact) mass is 1480 g/mol. The van der Waals surface area contributed by atoms with Gasteiger partial charge in [0.25, 0.3) is 17.7 Å². The van der Waals surface area contributed by atoms with Crippen LogP contribution < -0.4 is 31.9 Å². The third-order valence-corrected chi connectivity index (χ3v) is 20.2. The predicted molar refractivity (Wildman–Crippen MR) is 391 cm³/mol. The molecule has 0 spiro atoms. The van der Waals surface area contributed by atoms with Crippen LogP contribution >= 0.6 is 11.3 Å². The fraction of sp³-hybridized carbons (Fsp3) is 0.608. The first-order chi connectivity index (χ1) is 50.1. The molecule has 0 bridgehead atoms. The zero-order valence-electron chi connectivity index (χ0n) is 63.0. The van der Waals surface area contributed by atoms with Gasteiger partial charge in [-0.2, -0.15) is 0 Å². The number of methoxy groups -OCH3 is 2. The number of aryl methyl sites for hydroxylation is 1. The quantitative estimate of drug-likeness (QED) is 0.0349. The molecule has 6 N–H and O–H groups in total. The van der Waals surface area contributed by atoms with E-state index in [0.717, 1.165) is 38.1 Å². The van der Waals surface area contributed by atoms with Crippen LogP contribution in [0.3, 0.4) is 0 Å². The predicted octanol–water partition coefficient (Wildman–Crippen LogP) is 3.55. The van der Waals surface area contributed by atoms with Gasteiger partial charge in [0.1, 0.15) is 17.1 Å². The molecule has 2 fully saturated rings. The summed E-state index contributed by atoms with van der Waals surface area (Å²) in [6, 6.07) is 10.6. The van der Waals surface area contributed by atoms with Gasteiger partial charge in [-0.25, -0.2) is 9.78 Å². The van der Waals surface area contributed by atoms with Crippen LogP contribution in [0.2, 0.25) is 0 Å². The maximum absolute atomic E-state index is 14.6. The van der Waals surface area contributed by atoms with Crippen LogP contribution in [0, 0.1) is 30.6 Å². The highest BCUT2D eigenvalue weighted by molar-refractivity contribution is 7.09. The third kappa shape index (κ3) is 25.5. The van der Waals surface area contributed by atoms with E-state index in [0.29, 0.717) is 58.4 Å². The molecule has 4 heterocycles. The van der Waals surface area contributed by atoms with Crippen molar-refractivity contribution in [3.8, 4) is 0 Å². The molecule has 3 aliphatic rings. The van der Waals surface area contributed by atoms with Crippen molar-refractivity contribution < 1.29 is 81.2 Å². The fourth-order valence-corrected chi connectivity index (χ4v) is 13.7. The van der Waals surface area contributed by atoms with Crippen LogP contribution in [0.1, 0.15) is 121 Å². The van der Waals surface area contributed by atoms with Crippen LogP contribution in [0.5, 0.6) is 0 Å². The molecule has 2 aromatic carbocycles. The minimum absolute atomic E-state index is 0.0246. The molecule has 3 aliphatic heterocycles. The largest absolute Gasteiger partial charge is 0.431 e. The summed E-state index contributed by atoms with van der Waals surface area (Å²) in [4.78, 5) is 174. The Hall–Kier alpha value is -8.75. The van der Waals surface area contributed by atoms with Crippen molar-refractivity contribution in [1.29, 1.82) is 0 Å². The highest BCUT2D eigenvalue weighted by Crippen LogP contribution is 2.32. The number of anilines is 1. The summed E-state index contributed by atoms with van der Waals surface area (Å²) in [6.07, 6.45) is 2.34. The molecule has 2 saturated heterocycles. The number of nitrogens with zero attached hydrogens (tertiary/aromatic N) is 7. The zero-order valence-corrected chi connectivity index (χ0v) is 63.8. The van der Waals surface area contributed by atoms with Crippen molar-refractivity contribution in [2.24, 2.45) is 23.7 Å². The molecule has 105 heavy (non-hydrogen) atoms. The van der Waals surface area contributed by atoms with Crippen molar-refractivity contribution in [2.75, 3.05) is 126 Å². The fourth-order valence-electron chi connectivity index (χ4n) is 13.0. The molecule has 6 rings (SSSR count). The van der Waals surface area contributed by atoms with E-state index >= 15 is 0 Å². The van der Waals surface area contributed by atoms with Gasteiger partial charge in [-0.05, 0) is 68.7 Å². The molecule has 12 amide bonds. The van der Waals surface area contributed by atoms with Crippen LogP contribution in [0.25, 0.3) is 0 Å². The number of likely N-dealkylation sites (N-methyl/N-ethyl adjacent to an activating group) is 3. The van der Waals surface area contributed by atoms with Crippen LogP contribution in [-0.2, 0) is 82.8 Å². The topological polar surface area (TPSA) is 356 Å². The molecule has 0 saturated carbocycles. The number of imide groups is 1. The van der Waals surface area contributed by atoms with Gasteiger partial charge in [-0.3, -0.25) is 62.5 Å². The number of thiazole rings is 1. The first kappa shape index (κ1) is 85.2. The maximum Gasteiger partial charge on any atom is 0.411 e. The van der Waals surface area contributed by atoms with E-state index in [2.05, 4.69) is 41.8 Å². The van der Waals surface area contributed by atoms with E-state index in [1.54, 1.807) is 57.8 Å². The van der Waals surface area contributed by atoms with Crippen molar-refractivity contribution >= 4 is 88.1 Å². The lowest BCUT2D eigenvalue weighted by atomic mass is 9.90. The van der Waals surface area contributed by atoms with E-state index in [1.807, 2.05) is 64.4 Å². The number of aromatic nitrogens is 1. The van der Waals surface area contributed by atoms with Crippen molar-refractivity contribution in [1.82, 2.24) is 61.0 Å². The first-order valence-electron chi connectivity index (χ1n) is 36.0. The van der Waals surface area contributed by atoms with E-state index < -0.39 is 121 Å². The summed E-state index contributed by atoms with van der Waals surface area (Å²) in [6.45, 7) is 16.7. The molecule has 30 nitrogen and oxygen atoms in total. The maximum atomic E-state index is 14.6. The third-order valence-electron chi connectivity index (χ3n) is 19.3. The average molecular weight is 1480 g/mol. The Morgan fingerprint density at radius 1 is 0.705 bits per heavy atom. The number of likely N-dealkylation sites (tertiary alicyclic amines) is 1. The smallest absolute Gasteiger partial charge is 0.411 e. The molecule has 31 heteroatoms. The average Bonchev–Trinajstić information content (AvgIpc) is 1.76. The lowest BCUT2D eigenvalue weighted by Gasteiger charge is -2.39. The molecule has 3 aromatic rings. The Kier molecular flexibility index (Phi) is 34.4. The highest BCUT2D eigenvalue weighted by Gasteiger charge is 2.44. The number of ether oxygens (including phenoxy) is 5. The van der Waals surface area contributed by atoms with Gasteiger partial charge in [-0.1, -0.05) is 96.8 Å². The molecular weight excluding hydrogens is 1370 g/mol. The van der Waals surface area contributed by atoms with Gasteiger partial charge in [0.05, 0.1) is 82.2 Å². The number of amides is 12. The summed E-state index contributed by atoms with van der Waals surface area (Å²) in [5.41, 5.74) is 2.72. The molecule has 0 aliphatic carbocycles. The standard InChI is InChI=1S/C74H109N13O17S/c1-14-49(7)66(56(100-12)43-62(93)86-31-15-16-55(86)67(101-13)50(8)69(95)80-54(72-76-30-41-105-72)42-51-19-17-48(6)18-20-51)83(10)63(94)45-78-71(97)65(47(4)5)84(11)74(99)104-68(73(98)85-35-33-82(9)34-36-85)52-21-23-53(24-22-52)79-59(90)44-77-70(96)64(46(2)3)81-58(89)28-37-102-39-40-103-38-29-75-57(88)27-32-87-60(91)25-26-61(87)92/h17-26,30,41,46-47,49-50,54-56,64-68H,14-16,27-29,31-40,42-45H2,1-13H3,(H,75,88)(H,77,96)(H,78,97)(H,79,90)(H,80,95)(H,81,89)/t49-,50+,54-,55-,56+,64?,65?,66-,67+,68?/m0/s1. The van der Waals surface area contributed by atoms with Gasteiger partial charge >= 0.3 is 6.09 Å². The second-order valence-electron chi connectivity index (χ2n) is 27.6. The van der Waals surface area contributed by atoms with E-state index in [1.165, 1.54) is 54.7 Å². The second kappa shape index (κ2) is 42.4. The lowest BCUT2D eigenvalue weighted by molar-refractivity contribution is -0.146. The van der Waals surface area contributed by atoms with Gasteiger partial charge in [0, 0.05) is 122 Å². The molecule has 1 aromatic heterocycles. The summed E-state index contributed by atoms with van der Waals surface area (Å²) in [7, 11) is 7.94. The van der Waals surface area contributed by atoms with Crippen molar-refractivity contribution in [2.45, 2.75) is 149 Å². The van der Waals surface area contributed by atoms with Crippen LogP contribution in [0.4, 0.5) is 10.5 Å². The molecule has 3 unspecified atom stereocenters. The summed E-state index contributed by atoms with van der Waals surface area (Å²) < 4.78 is 29.1. The first-order valence-corrected chi connectivity index (χ1v) is 36.9. The molecule has 10 atom stereocenters. The van der Waals surface area contributed by atoms with Gasteiger partial charge in [0.2, 0.25) is 53.4 Å². The van der Waals surface area contributed by atoms with Crippen LogP contribution in [0.15, 0.2) is 72.3 Å². The van der Waals surface area contributed by atoms with Crippen LogP contribution in [-0.4, -0.2) is 263 Å². The Balaban J connectivity index is 0.993. The summed E-state index contributed by atoms with van der Waals surface area (Å²) in [5.74, 6) is -6.76. The van der Waals surface area contributed by atoms with E-state index in [-0.39, 0.29) is 106 Å². The zero-order chi connectivity index (χ0) is 77.0. The van der Waals surface area contributed by atoms with E-state index in [4.69, 9.17) is 23.7 Å². The highest BCUT2D eigenvalue weighted by atomic mass is 32.1. The van der Waals surface area contributed by atoms with Crippen molar-refractivity contribution in [3.05, 3.63) is 94.0 Å². The summed E-state index contributed by atoms with van der Waals surface area (Å²) in [5, 5.41) is 19.2. The minimum Gasteiger partial charge on any atom is -0.431 e. The molecule has 0 radical (unpaired) electrons. The lowest BCUT2D eigenvalue weighted by Crippen LogP contribution is -2.56. The summed E-state index contributed by atoms with van der Waals surface area (Å²) >= 11 is 1.47.